The maximum Gasteiger partial charge on any atom is 0.314 e. The second-order valence-electron chi connectivity index (χ2n) is 3.51. The fourth-order valence-corrected chi connectivity index (χ4v) is 1.35. The second-order valence-corrected chi connectivity index (χ2v) is 3.51. The van der Waals surface area contributed by atoms with Crippen molar-refractivity contribution in [1.29, 1.82) is 0 Å². The zero-order valence-electron chi connectivity index (χ0n) is 9.59. The molecule has 0 heterocycles. The van der Waals surface area contributed by atoms with Crippen LogP contribution < -0.4 is 10.6 Å². The number of urea groups is 1. The number of hydrogen-bond acceptors (Lipinski definition) is 2. The lowest BCUT2D eigenvalue weighted by Crippen LogP contribution is -2.45. The summed E-state index contributed by atoms with van der Waals surface area (Å²) in [5, 5.41) is 14.2. The predicted octanol–water partition coefficient (Wildman–Crippen LogP) is 1.20. The van der Waals surface area contributed by atoms with Gasteiger partial charge in [-0.1, -0.05) is 13.8 Å². The highest BCUT2D eigenvalue weighted by Gasteiger charge is 2.34. The highest BCUT2D eigenvalue weighted by molar-refractivity contribution is 5.78. The lowest BCUT2D eigenvalue weighted by atomic mass is 9.82. The third-order valence-corrected chi connectivity index (χ3v) is 2.73. The zero-order chi connectivity index (χ0) is 11.9. The van der Waals surface area contributed by atoms with Gasteiger partial charge in [-0.2, -0.15) is 0 Å². The highest BCUT2D eigenvalue weighted by atomic mass is 16.4. The molecule has 0 fully saturated rings. The van der Waals surface area contributed by atoms with E-state index in [-0.39, 0.29) is 12.6 Å². The quantitative estimate of drug-likeness (QED) is 0.624. The van der Waals surface area contributed by atoms with Crippen LogP contribution in [0.2, 0.25) is 0 Å². The van der Waals surface area contributed by atoms with Crippen LogP contribution in [0.4, 0.5) is 4.79 Å². The Balaban J connectivity index is 4.30. The van der Waals surface area contributed by atoms with Crippen LogP contribution in [0.25, 0.3) is 0 Å². The van der Waals surface area contributed by atoms with Crippen molar-refractivity contribution in [1.82, 2.24) is 10.6 Å². The summed E-state index contributed by atoms with van der Waals surface area (Å²) in [7, 11) is 0. The number of rotatable bonds is 6. The molecule has 0 saturated carbocycles. The lowest BCUT2D eigenvalue weighted by Gasteiger charge is -2.26. The Bertz CT molecular complexity index is 225. The van der Waals surface area contributed by atoms with E-state index in [1.165, 1.54) is 0 Å². The zero-order valence-corrected chi connectivity index (χ0v) is 9.59. The first-order valence-electron chi connectivity index (χ1n) is 5.27. The first-order chi connectivity index (χ1) is 7.02. The number of hydrogen-bond donors (Lipinski definition) is 3. The molecule has 0 saturated heterocycles. The van der Waals surface area contributed by atoms with Crippen LogP contribution in [0.3, 0.4) is 0 Å². The number of amides is 2. The van der Waals surface area contributed by atoms with Gasteiger partial charge in [-0.25, -0.2) is 4.79 Å². The number of carbonyl (C=O) groups excluding carboxylic acids is 1. The summed E-state index contributed by atoms with van der Waals surface area (Å²) in [6, 6.07) is -0.315. The number of aliphatic carboxylic acids is 1. The SMILES string of the molecule is CCNC(=O)NCC(CC)(CC)C(=O)O. The molecule has 2 amide bonds. The summed E-state index contributed by atoms with van der Waals surface area (Å²) in [6.45, 7) is 6.14. The third kappa shape index (κ3) is 3.77. The van der Waals surface area contributed by atoms with Gasteiger partial charge in [0, 0.05) is 13.1 Å². The van der Waals surface area contributed by atoms with Crippen molar-refractivity contribution >= 4 is 12.0 Å². The molecule has 0 radical (unpaired) electrons. The first kappa shape index (κ1) is 13.7. The normalized spacial score (nSPS) is 10.9. The molecule has 0 spiro atoms. The molecule has 0 aliphatic rings. The summed E-state index contributed by atoms with van der Waals surface area (Å²) in [5.41, 5.74) is -0.842. The van der Waals surface area contributed by atoms with E-state index in [9.17, 15) is 9.59 Å². The van der Waals surface area contributed by atoms with E-state index in [0.29, 0.717) is 19.4 Å². The Kier molecular flexibility index (Phi) is 5.74. The van der Waals surface area contributed by atoms with Gasteiger partial charge in [-0.15, -0.1) is 0 Å². The van der Waals surface area contributed by atoms with Crippen molar-refractivity contribution in [2.45, 2.75) is 33.6 Å². The van der Waals surface area contributed by atoms with Gasteiger partial charge in [0.2, 0.25) is 0 Å². The summed E-state index contributed by atoms with van der Waals surface area (Å²) in [4.78, 5) is 22.2. The van der Waals surface area contributed by atoms with Gasteiger partial charge in [-0.05, 0) is 19.8 Å². The van der Waals surface area contributed by atoms with E-state index >= 15 is 0 Å². The largest absolute Gasteiger partial charge is 0.481 e. The van der Waals surface area contributed by atoms with Crippen LogP contribution in [0.5, 0.6) is 0 Å². The molecular formula is C10H20N2O3. The Morgan fingerprint density at radius 3 is 2.00 bits per heavy atom. The van der Waals surface area contributed by atoms with Gasteiger partial charge in [0.25, 0.3) is 0 Å². The molecule has 3 N–H and O–H groups in total. The number of carboxylic acid groups (broad SMARTS) is 1. The molecule has 0 rings (SSSR count). The molecule has 5 nitrogen and oxygen atoms in total. The van der Waals surface area contributed by atoms with E-state index in [1.54, 1.807) is 0 Å². The van der Waals surface area contributed by atoms with Gasteiger partial charge in [0.05, 0.1) is 5.41 Å². The number of carbonyl (C=O) groups is 2. The summed E-state index contributed by atoms with van der Waals surface area (Å²) >= 11 is 0. The standard InChI is InChI=1S/C10H20N2O3/c1-4-10(5-2,8(13)14)7-12-9(15)11-6-3/h4-7H2,1-3H3,(H,13,14)(H2,11,12,15). The minimum absolute atomic E-state index is 0.168. The molecule has 0 aromatic carbocycles. The van der Waals surface area contributed by atoms with Crippen molar-refractivity contribution in [3.05, 3.63) is 0 Å². The van der Waals surface area contributed by atoms with Crippen molar-refractivity contribution in [2.24, 2.45) is 5.41 Å². The Morgan fingerprint density at radius 1 is 1.13 bits per heavy atom. The van der Waals surface area contributed by atoms with Crippen LogP contribution in [0.1, 0.15) is 33.6 Å². The van der Waals surface area contributed by atoms with Gasteiger partial charge in [0.1, 0.15) is 0 Å². The minimum atomic E-state index is -0.857. The fraction of sp³-hybridized carbons (Fsp3) is 0.800. The topological polar surface area (TPSA) is 78.4 Å². The second kappa shape index (κ2) is 6.27. The average molecular weight is 216 g/mol. The van der Waals surface area contributed by atoms with Crippen LogP contribution in [-0.2, 0) is 4.79 Å². The van der Waals surface area contributed by atoms with Crippen LogP contribution in [0, 0.1) is 5.41 Å². The van der Waals surface area contributed by atoms with Crippen molar-refractivity contribution in [3.63, 3.8) is 0 Å². The van der Waals surface area contributed by atoms with Gasteiger partial charge < -0.3 is 15.7 Å². The number of carboxylic acids is 1. The van der Waals surface area contributed by atoms with Crippen LogP contribution in [0.15, 0.2) is 0 Å². The van der Waals surface area contributed by atoms with Gasteiger partial charge in [0.15, 0.2) is 0 Å². The first-order valence-corrected chi connectivity index (χ1v) is 5.27. The van der Waals surface area contributed by atoms with E-state index in [0.717, 1.165) is 0 Å². The molecule has 0 aromatic rings. The molecule has 0 aromatic heterocycles. The smallest absolute Gasteiger partial charge is 0.314 e. The van der Waals surface area contributed by atoms with Crippen LogP contribution >= 0.6 is 0 Å². The lowest BCUT2D eigenvalue weighted by molar-refractivity contribution is -0.149. The van der Waals surface area contributed by atoms with Crippen molar-refractivity contribution < 1.29 is 14.7 Å². The monoisotopic (exact) mass is 216 g/mol. The molecule has 0 bridgehead atoms. The molecular weight excluding hydrogens is 196 g/mol. The molecule has 0 aliphatic heterocycles. The Labute approximate surface area is 90.2 Å². The van der Waals surface area contributed by atoms with Crippen LogP contribution in [-0.4, -0.2) is 30.2 Å². The molecule has 0 unspecified atom stereocenters. The molecule has 0 aliphatic carbocycles. The van der Waals surface area contributed by atoms with Crippen molar-refractivity contribution in [3.8, 4) is 0 Å². The van der Waals surface area contributed by atoms with Crippen molar-refractivity contribution in [2.75, 3.05) is 13.1 Å². The summed E-state index contributed by atoms with van der Waals surface area (Å²) < 4.78 is 0. The molecule has 15 heavy (non-hydrogen) atoms. The molecule has 5 heteroatoms. The van der Waals surface area contributed by atoms with Gasteiger partial charge >= 0.3 is 12.0 Å². The predicted molar refractivity (Wildman–Crippen MR) is 57.7 cm³/mol. The van der Waals surface area contributed by atoms with E-state index in [1.807, 2.05) is 20.8 Å². The van der Waals surface area contributed by atoms with E-state index < -0.39 is 11.4 Å². The average Bonchev–Trinajstić information content (AvgIpc) is 2.20. The van der Waals surface area contributed by atoms with E-state index in [4.69, 9.17) is 5.11 Å². The molecule has 0 atom stereocenters. The van der Waals surface area contributed by atoms with E-state index in [2.05, 4.69) is 10.6 Å². The Morgan fingerprint density at radius 2 is 1.67 bits per heavy atom. The minimum Gasteiger partial charge on any atom is -0.481 e. The number of nitrogens with one attached hydrogen (secondary N) is 2. The maximum atomic E-state index is 11.1. The maximum absolute atomic E-state index is 11.1. The Hall–Kier alpha value is -1.26. The van der Waals surface area contributed by atoms with Gasteiger partial charge in [-0.3, -0.25) is 4.79 Å². The summed E-state index contributed by atoms with van der Waals surface area (Å²) in [5.74, 6) is -0.857. The fourth-order valence-electron chi connectivity index (χ4n) is 1.35. The summed E-state index contributed by atoms with van der Waals surface area (Å²) in [6.07, 6.45) is 1.01. The third-order valence-electron chi connectivity index (χ3n) is 2.73. The molecule has 88 valence electrons. The highest BCUT2D eigenvalue weighted by Crippen LogP contribution is 2.25.